The van der Waals surface area contributed by atoms with Gasteiger partial charge in [0.25, 0.3) is 0 Å². The first kappa shape index (κ1) is 16.2. The molecule has 0 aliphatic rings. The summed E-state index contributed by atoms with van der Waals surface area (Å²) in [5, 5.41) is 2.10. The van der Waals surface area contributed by atoms with E-state index in [9.17, 15) is 14.0 Å². The molecule has 0 fully saturated rings. The van der Waals surface area contributed by atoms with Crippen LogP contribution in [0.15, 0.2) is 12.1 Å². The van der Waals surface area contributed by atoms with Gasteiger partial charge in [-0.15, -0.1) is 0 Å². The number of anilines is 1. The van der Waals surface area contributed by atoms with Gasteiger partial charge in [-0.2, -0.15) is 0 Å². The van der Waals surface area contributed by atoms with Crippen LogP contribution >= 0.6 is 11.6 Å². The van der Waals surface area contributed by atoms with E-state index in [-0.39, 0.29) is 10.7 Å². The molecule has 0 bridgehead atoms. The first-order chi connectivity index (χ1) is 9.15. The van der Waals surface area contributed by atoms with Crippen LogP contribution in [0.3, 0.4) is 0 Å². The van der Waals surface area contributed by atoms with Crippen molar-refractivity contribution >= 4 is 29.4 Å². The zero-order valence-electron chi connectivity index (χ0n) is 11.5. The molecule has 0 aromatic heterocycles. The number of hydrogen-bond acceptors (Lipinski definition) is 4. The summed E-state index contributed by atoms with van der Waals surface area (Å²) < 4.78 is 23.0. The van der Waals surface area contributed by atoms with Crippen LogP contribution in [0.4, 0.5) is 14.9 Å². The lowest BCUT2D eigenvalue weighted by molar-refractivity contribution is 0.0591. The molecule has 0 saturated carbocycles. The summed E-state index contributed by atoms with van der Waals surface area (Å²) in [7, 11) is 1.10. The molecule has 0 radical (unpaired) electrons. The maximum atomic E-state index is 13.5. The van der Waals surface area contributed by atoms with Crippen molar-refractivity contribution in [1.82, 2.24) is 0 Å². The summed E-state index contributed by atoms with van der Waals surface area (Å²) in [6, 6.07) is 2.23. The highest BCUT2D eigenvalue weighted by Gasteiger charge is 2.22. The highest BCUT2D eigenvalue weighted by Crippen LogP contribution is 2.29. The maximum absolute atomic E-state index is 13.5. The quantitative estimate of drug-likeness (QED) is 0.848. The first-order valence-corrected chi connectivity index (χ1v) is 6.10. The fourth-order valence-electron chi connectivity index (χ4n) is 1.35. The highest BCUT2D eigenvalue weighted by atomic mass is 35.5. The van der Waals surface area contributed by atoms with Gasteiger partial charge in [-0.3, -0.25) is 5.32 Å². The van der Waals surface area contributed by atoms with Crippen molar-refractivity contribution in [2.24, 2.45) is 0 Å². The third kappa shape index (κ3) is 4.09. The highest BCUT2D eigenvalue weighted by molar-refractivity contribution is 6.36. The molecule has 0 unspecified atom stereocenters. The van der Waals surface area contributed by atoms with Gasteiger partial charge in [0, 0.05) is 0 Å². The summed E-state index contributed by atoms with van der Waals surface area (Å²) in [4.78, 5) is 23.0. The third-order valence-corrected chi connectivity index (χ3v) is 2.51. The number of carbonyl (C=O) groups is 2. The van der Waals surface area contributed by atoms with E-state index in [1.54, 1.807) is 20.8 Å². The molecule has 1 aromatic rings. The molecular formula is C13H15ClFNO4. The number of halogens is 2. The molecule has 0 atom stereocenters. The van der Waals surface area contributed by atoms with Crippen molar-refractivity contribution in [3.8, 4) is 0 Å². The number of hydrogen-bond donors (Lipinski definition) is 1. The van der Waals surface area contributed by atoms with Crippen LogP contribution in [-0.4, -0.2) is 24.8 Å². The minimum absolute atomic E-state index is 0.0581. The average molecular weight is 304 g/mol. The van der Waals surface area contributed by atoms with Gasteiger partial charge in [0.05, 0.1) is 17.8 Å². The molecule has 1 amide bonds. The molecule has 1 aromatic carbocycles. The Kier molecular flexibility index (Phi) is 4.94. The second-order valence-corrected chi connectivity index (χ2v) is 5.28. The topological polar surface area (TPSA) is 64.6 Å². The van der Waals surface area contributed by atoms with Crippen LogP contribution in [0.5, 0.6) is 0 Å². The smallest absolute Gasteiger partial charge is 0.412 e. The Labute approximate surface area is 121 Å². The first-order valence-electron chi connectivity index (χ1n) is 5.72. The normalized spacial score (nSPS) is 10.9. The van der Waals surface area contributed by atoms with Crippen molar-refractivity contribution in [1.29, 1.82) is 0 Å². The average Bonchev–Trinajstić information content (AvgIpc) is 2.30. The summed E-state index contributed by atoms with van der Waals surface area (Å²) in [6.07, 6.45) is -0.762. The second kappa shape index (κ2) is 6.09. The van der Waals surface area contributed by atoms with Crippen molar-refractivity contribution in [2.45, 2.75) is 26.4 Å². The predicted octanol–water partition coefficient (Wildman–Crippen LogP) is 3.61. The van der Waals surface area contributed by atoms with Gasteiger partial charge in [0.15, 0.2) is 0 Å². The minimum Gasteiger partial charge on any atom is -0.465 e. The predicted molar refractivity (Wildman–Crippen MR) is 72.6 cm³/mol. The standard InChI is InChI=1S/C13H15ClFNO4/c1-13(2,3)20-12(18)16-8-6-5-7(15)9(10(8)14)11(17)19-4/h5-6H,1-4H3,(H,16,18). The minimum atomic E-state index is -0.930. The zero-order chi connectivity index (χ0) is 15.5. The molecule has 0 aliphatic heterocycles. The van der Waals surface area contributed by atoms with Crippen LogP contribution in [-0.2, 0) is 9.47 Å². The summed E-state index contributed by atoms with van der Waals surface area (Å²) >= 11 is 5.89. The van der Waals surface area contributed by atoms with Crippen molar-refractivity contribution in [3.05, 3.63) is 28.5 Å². The number of rotatable bonds is 2. The van der Waals surface area contributed by atoms with Gasteiger partial charge in [0.1, 0.15) is 17.0 Å². The van der Waals surface area contributed by atoms with Crippen molar-refractivity contribution in [2.75, 3.05) is 12.4 Å². The molecule has 110 valence electrons. The Morgan fingerprint density at radius 2 is 1.90 bits per heavy atom. The van der Waals surface area contributed by atoms with Gasteiger partial charge in [-0.05, 0) is 32.9 Å². The maximum Gasteiger partial charge on any atom is 0.412 e. The Balaban J connectivity index is 3.04. The lowest BCUT2D eigenvalue weighted by Gasteiger charge is -2.20. The fourth-order valence-corrected chi connectivity index (χ4v) is 1.63. The van der Waals surface area contributed by atoms with Crippen LogP contribution in [0.2, 0.25) is 5.02 Å². The van der Waals surface area contributed by atoms with Gasteiger partial charge in [0.2, 0.25) is 0 Å². The SMILES string of the molecule is COC(=O)c1c(F)ccc(NC(=O)OC(C)(C)C)c1Cl. The molecule has 5 nitrogen and oxygen atoms in total. The van der Waals surface area contributed by atoms with Gasteiger partial charge in [-0.25, -0.2) is 14.0 Å². The van der Waals surface area contributed by atoms with Crippen LogP contribution < -0.4 is 5.32 Å². The molecule has 0 saturated heterocycles. The molecule has 0 aliphatic carbocycles. The van der Waals surface area contributed by atoms with E-state index in [0.717, 1.165) is 13.2 Å². The lowest BCUT2D eigenvalue weighted by atomic mass is 10.2. The van der Waals surface area contributed by atoms with Gasteiger partial charge < -0.3 is 9.47 Å². The third-order valence-electron chi connectivity index (χ3n) is 2.12. The Hall–Kier alpha value is -1.82. The van der Waals surface area contributed by atoms with E-state index >= 15 is 0 Å². The number of methoxy groups -OCH3 is 1. The van der Waals surface area contributed by atoms with E-state index in [2.05, 4.69) is 10.1 Å². The molecule has 20 heavy (non-hydrogen) atoms. The Morgan fingerprint density at radius 1 is 1.30 bits per heavy atom. The van der Waals surface area contributed by atoms with E-state index in [1.165, 1.54) is 6.07 Å². The van der Waals surface area contributed by atoms with Crippen LogP contribution in [0.1, 0.15) is 31.1 Å². The Bertz CT molecular complexity index is 540. The van der Waals surface area contributed by atoms with Crippen LogP contribution in [0.25, 0.3) is 0 Å². The number of amides is 1. The van der Waals surface area contributed by atoms with Crippen LogP contribution in [0, 0.1) is 5.82 Å². The number of ether oxygens (including phenoxy) is 2. The molecule has 0 spiro atoms. The van der Waals surface area contributed by atoms with Crippen molar-refractivity contribution < 1.29 is 23.5 Å². The molecule has 1 rings (SSSR count). The monoisotopic (exact) mass is 303 g/mol. The van der Waals surface area contributed by atoms with Gasteiger partial charge >= 0.3 is 12.1 Å². The number of benzene rings is 1. The fraction of sp³-hybridized carbons (Fsp3) is 0.385. The lowest BCUT2D eigenvalue weighted by Crippen LogP contribution is -2.27. The molecular weight excluding hydrogens is 289 g/mol. The zero-order valence-corrected chi connectivity index (χ0v) is 12.3. The molecule has 1 N–H and O–H groups in total. The largest absolute Gasteiger partial charge is 0.465 e. The van der Waals surface area contributed by atoms with Gasteiger partial charge in [-0.1, -0.05) is 11.6 Å². The second-order valence-electron chi connectivity index (χ2n) is 4.90. The number of carbonyl (C=O) groups excluding carboxylic acids is 2. The van der Waals surface area contributed by atoms with E-state index in [4.69, 9.17) is 16.3 Å². The molecule has 7 heteroatoms. The summed E-state index contributed by atoms with van der Waals surface area (Å²) in [5.74, 6) is -1.77. The number of esters is 1. The molecule has 0 heterocycles. The summed E-state index contributed by atoms with van der Waals surface area (Å²) in [5.41, 5.74) is -1.08. The summed E-state index contributed by atoms with van der Waals surface area (Å²) in [6.45, 7) is 5.08. The Morgan fingerprint density at radius 3 is 2.40 bits per heavy atom. The number of nitrogens with one attached hydrogen (secondary N) is 1. The van der Waals surface area contributed by atoms with Crippen molar-refractivity contribution in [3.63, 3.8) is 0 Å². The van der Waals surface area contributed by atoms with E-state index < -0.39 is 29.0 Å². The van der Waals surface area contributed by atoms with E-state index in [0.29, 0.717) is 0 Å². The van der Waals surface area contributed by atoms with E-state index in [1.807, 2.05) is 0 Å².